The molecule has 0 aliphatic carbocycles. The van der Waals surface area contributed by atoms with E-state index in [0.717, 1.165) is 19.6 Å². The van der Waals surface area contributed by atoms with E-state index in [4.69, 9.17) is 5.26 Å². The molecule has 0 aliphatic rings. The van der Waals surface area contributed by atoms with Gasteiger partial charge < -0.3 is 10.2 Å². The number of rotatable bonds is 7. The Morgan fingerprint density at radius 3 is 2.74 bits per heavy atom. The van der Waals surface area contributed by atoms with Crippen molar-refractivity contribution in [2.75, 3.05) is 31.5 Å². The van der Waals surface area contributed by atoms with Crippen molar-refractivity contribution in [1.82, 2.24) is 9.88 Å². The van der Waals surface area contributed by atoms with E-state index >= 15 is 0 Å². The quantitative estimate of drug-likeness (QED) is 0.593. The number of likely N-dealkylation sites (N-methyl/N-ethyl adjacent to an activating group) is 1. The van der Waals surface area contributed by atoms with E-state index in [9.17, 15) is 10.1 Å². The largest absolute Gasteiger partial charge is 0.363 e. The van der Waals surface area contributed by atoms with Crippen LogP contribution in [0.15, 0.2) is 12.3 Å². The van der Waals surface area contributed by atoms with Gasteiger partial charge >= 0.3 is 5.69 Å². The summed E-state index contributed by atoms with van der Waals surface area (Å²) >= 11 is 0. The summed E-state index contributed by atoms with van der Waals surface area (Å²) in [4.78, 5) is 16.5. The topological polar surface area (TPSA) is 95.1 Å². The third-order valence-electron chi connectivity index (χ3n) is 2.84. The van der Waals surface area contributed by atoms with Crippen molar-refractivity contribution >= 4 is 11.5 Å². The van der Waals surface area contributed by atoms with Crippen molar-refractivity contribution in [3.8, 4) is 6.07 Å². The predicted molar refractivity (Wildman–Crippen MR) is 71.9 cm³/mol. The van der Waals surface area contributed by atoms with Gasteiger partial charge in [-0.25, -0.2) is 4.98 Å². The van der Waals surface area contributed by atoms with Crippen molar-refractivity contribution in [2.24, 2.45) is 0 Å². The number of nitrogens with one attached hydrogen (secondary N) is 1. The minimum absolute atomic E-state index is 0.0188. The third-order valence-corrected chi connectivity index (χ3v) is 2.84. The predicted octanol–water partition coefficient (Wildman–Crippen LogP) is 1.62. The summed E-state index contributed by atoms with van der Waals surface area (Å²) in [5.74, 6) is 0.149. The molecule has 7 heteroatoms. The molecule has 0 amide bonds. The average Bonchev–Trinajstić information content (AvgIpc) is 2.42. The number of hydrogen-bond donors (Lipinski definition) is 1. The Morgan fingerprint density at radius 1 is 1.53 bits per heavy atom. The molecule has 0 aromatic carbocycles. The highest BCUT2D eigenvalue weighted by Gasteiger charge is 2.20. The van der Waals surface area contributed by atoms with Crippen molar-refractivity contribution in [3.63, 3.8) is 0 Å². The molecule has 0 atom stereocenters. The van der Waals surface area contributed by atoms with Crippen LogP contribution in [0.5, 0.6) is 0 Å². The molecular formula is C12H17N5O2. The molecule has 19 heavy (non-hydrogen) atoms. The lowest BCUT2D eigenvalue weighted by molar-refractivity contribution is -0.384. The second-order valence-corrected chi connectivity index (χ2v) is 3.88. The number of anilines is 1. The van der Waals surface area contributed by atoms with Crippen LogP contribution in [0.2, 0.25) is 0 Å². The fourth-order valence-electron chi connectivity index (χ4n) is 1.73. The Bertz CT molecular complexity index is 479. The number of nitriles is 1. The average molecular weight is 263 g/mol. The molecule has 0 saturated carbocycles. The van der Waals surface area contributed by atoms with E-state index < -0.39 is 4.92 Å². The maximum Gasteiger partial charge on any atom is 0.328 e. The van der Waals surface area contributed by atoms with E-state index in [1.807, 2.05) is 0 Å². The second kappa shape index (κ2) is 7.28. The molecule has 0 spiro atoms. The molecule has 0 bridgehead atoms. The first kappa shape index (κ1) is 14.9. The summed E-state index contributed by atoms with van der Waals surface area (Å²) in [5, 5.41) is 22.8. The summed E-state index contributed by atoms with van der Waals surface area (Å²) in [5.41, 5.74) is -0.241. The van der Waals surface area contributed by atoms with E-state index in [-0.39, 0.29) is 17.1 Å². The van der Waals surface area contributed by atoms with Gasteiger partial charge in [0.05, 0.1) is 4.92 Å². The van der Waals surface area contributed by atoms with Crippen LogP contribution in [0.25, 0.3) is 0 Å². The maximum atomic E-state index is 11.0. The van der Waals surface area contributed by atoms with E-state index in [1.54, 1.807) is 6.07 Å². The molecule has 0 unspecified atom stereocenters. The number of pyridine rings is 1. The maximum absolute atomic E-state index is 11.0. The van der Waals surface area contributed by atoms with Crippen LogP contribution >= 0.6 is 0 Å². The zero-order valence-electron chi connectivity index (χ0n) is 11.1. The summed E-state index contributed by atoms with van der Waals surface area (Å²) in [6.07, 6.45) is 1.39. The molecular weight excluding hydrogens is 246 g/mol. The Kier molecular flexibility index (Phi) is 5.70. The first-order valence-electron chi connectivity index (χ1n) is 6.13. The Morgan fingerprint density at radius 2 is 2.21 bits per heavy atom. The SMILES string of the molecule is CCN(CC)CCNc1nccc(C#N)c1[N+](=O)[O-]. The van der Waals surface area contributed by atoms with Gasteiger partial charge in [-0.3, -0.25) is 10.1 Å². The van der Waals surface area contributed by atoms with Crippen molar-refractivity contribution in [1.29, 1.82) is 5.26 Å². The van der Waals surface area contributed by atoms with Crippen molar-refractivity contribution in [2.45, 2.75) is 13.8 Å². The fourth-order valence-corrected chi connectivity index (χ4v) is 1.73. The number of nitro groups is 1. The fraction of sp³-hybridized carbons (Fsp3) is 0.500. The molecule has 0 fully saturated rings. The van der Waals surface area contributed by atoms with Crippen LogP contribution in [0, 0.1) is 21.4 Å². The molecule has 0 saturated heterocycles. The molecule has 102 valence electrons. The van der Waals surface area contributed by atoms with Crippen LogP contribution in [0.4, 0.5) is 11.5 Å². The van der Waals surface area contributed by atoms with E-state index in [0.29, 0.717) is 6.54 Å². The van der Waals surface area contributed by atoms with Gasteiger partial charge in [-0.1, -0.05) is 13.8 Å². The number of nitrogens with zero attached hydrogens (tertiary/aromatic N) is 4. The second-order valence-electron chi connectivity index (χ2n) is 3.88. The first-order valence-corrected chi connectivity index (χ1v) is 6.13. The van der Waals surface area contributed by atoms with Gasteiger partial charge in [-0.15, -0.1) is 0 Å². The minimum atomic E-state index is -0.578. The van der Waals surface area contributed by atoms with Gasteiger partial charge in [-0.2, -0.15) is 5.26 Å². The Hall–Kier alpha value is -2.20. The molecule has 1 rings (SSSR count). The molecule has 1 heterocycles. The van der Waals surface area contributed by atoms with Crippen LogP contribution in [0.3, 0.4) is 0 Å². The molecule has 0 radical (unpaired) electrons. The summed E-state index contributed by atoms with van der Waals surface area (Å²) in [6, 6.07) is 3.15. The summed E-state index contributed by atoms with van der Waals surface area (Å²) in [6.45, 7) is 7.27. The lowest BCUT2D eigenvalue weighted by Crippen LogP contribution is -2.28. The molecule has 1 aromatic rings. The van der Waals surface area contributed by atoms with Crippen LogP contribution in [-0.4, -0.2) is 41.0 Å². The highest BCUT2D eigenvalue weighted by atomic mass is 16.6. The molecule has 0 aliphatic heterocycles. The van der Waals surface area contributed by atoms with Crippen molar-refractivity contribution in [3.05, 3.63) is 27.9 Å². The zero-order chi connectivity index (χ0) is 14.3. The van der Waals surface area contributed by atoms with Gasteiger partial charge in [-0.05, 0) is 19.2 Å². The lowest BCUT2D eigenvalue weighted by Gasteiger charge is -2.18. The van der Waals surface area contributed by atoms with Crippen LogP contribution < -0.4 is 5.32 Å². The first-order chi connectivity index (χ1) is 9.13. The lowest BCUT2D eigenvalue weighted by atomic mass is 10.2. The minimum Gasteiger partial charge on any atom is -0.363 e. The third kappa shape index (κ3) is 3.89. The molecule has 1 aromatic heterocycles. The van der Waals surface area contributed by atoms with Gasteiger partial charge in [0.2, 0.25) is 5.82 Å². The summed E-state index contributed by atoms with van der Waals surface area (Å²) < 4.78 is 0. The van der Waals surface area contributed by atoms with Crippen molar-refractivity contribution < 1.29 is 4.92 Å². The monoisotopic (exact) mass is 263 g/mol. The molecule has 1 N–H and O–H groups in total. The van der Waals surface area contributed by atoms with Crippen LogP contribution in [-0.2, 0) is 0 Å². The normalized spacial score (nSPS) is 10.2. The van der Waals surface area contributed by atoms with E-state index in [1.165, 1.54) is 12.3 Å². The van der Waals surface area contributed by atoms with Gasteiger partial charge in [0.15, 0.2) is 0 Å². The molecule has 7 nitrogen and oxygen atoms in total. The highest BCUT2D eigenvalue weighted by molar-refractivity contribution is 5.63. The van der Waals surface area contributed by atoms with Gasteiger partial charge in [0.1, 0.15) is 11.6 Å². The smallest absolute Gasteiger partial charge is 0.328 e. The standard InChI is InChI=1S/C12H17N5O2/c1-3-16(4-2)8-7-15-12-11(17(18)19)10(9-13)5-6-14-12/h5-6H,3-4,7-8H2,1-2H3,(H,14,15). The van der Waals surface area contributed by atoms with Gasteiger partial charge in [0, 0.05) is 19.3 Å². The van der Waals surface area contributed by atoms with Crippen LogP contribution in [0.1, 0.15) is 19.4 Å². The van der Waals surface area contributed by atoms with Gasteiger partial charge in [0.25, 0.3) is 0 Å². The Labute approximate surface area is 112 Å². The number of hydrogen-bond acceptors (Lipinski definition) is 6. The summed E-state index contributed by atoms with van der Waals surface area (Å²) in [7, 11) is 0. The van der Waals surface area contributed by atoms with E-state index in [2.05, 4.69) is 29.0 Å². The zero-order valence-corrected chi connectivity index (χ0v) is 11.1. The highest BCUT2D eigenvalue weighted by Crippen LogP contribution is 2.25. The Balaban J connectivity index is 2.79. The number of aromatic nitrogens is 1.